The van der Waals surface area contributed by atoms with E-state index in [0.29, 0.717) is 33.8 Å². The number of ether oxygens (including phenoxy) is 2. The van der Waals surface area contributed by atoms with E-state index in [-0.39, 0.29) is 11.5 Å². The third-order valence-corrected chi connectivity index (χ3v) is 4.90. The molecular formula is C24H24N2O5. The lowest BCUT2D eigenvalue weighted by atomic mass is 10.1. The summed E-state index contributed by atoms with van der Waals surface area (Å²) in [6.45, 7) is 4.82. The molecule has 1 aromatic heterocycles. The number of hydrogen-bond donors (Lipinski definition) is 2. The molecule has 3 aromatic rings. The van der Waals surface area contributed by atoms with Crippen molar-refractivity contribution >= 4 is 23.3 Å². The number of methoxy groups -OCH3 is 1. The number of aryl methyl sites for hydroxylation is 1. The molecule has 7 heteroatoms. The Kier molecular flexibility index (Phi) is 6.55. The lowest BCUT2D eigenvalue weighted by Gasteiger charge is -2.18. The predicted octanol–water partition coefficient (Wildman–Crippen LogP) is 4.38. The van der Waals surface area contributed by atoms with E-state index < -0.39 is 18.0 Å². The molecule has 0 aliphatic rings. The molecule has 0 spiro atoms. The monoisotopic (exact) mass is 420 g/mol. The summed E-state index contributed by atoms with van der Waals surface area (Å²) >= 11 is 0. The molecule has 3 rings (SSSR count). The maximum atomic E-state index is 13.1. The standard InChI is InChI=1S/C24H24N2O5/c1-14-20(16(3)27)15(2)25-21(14)24(29)31-22(17-9-6-5-7-10-17)23(28)26-18-11-8-12-19(13-18)30-4/h5-13,22,25H,1-4H3,(H,26,28)/t22-/m0/s1. The Morgan fingerprint density at radius 3 is 2.32 bits per heavy atom. The second kappa shape index (κ2) is 9.30. The molecule has 1 atom stereocenters. The number of amides is 1. The van der Waals surface area contributed by atoms with E-state index in [9.17, 15) is 14.4 Å². The summed E-state index contributed by atoms with van der Waals surface area (Å²) < 4.78 is 10.8. The number of carbonyl (C=O) groups is 3. The minimum Gasteiger partial charge on any atom is -0.497 e. The van der Waals surface area contributed by atoms with Crippen molar-refractivity contribution < 1.29 is 23.9 Å². The first-order valence-corrected chi connectivity index (χ1v) is 9.72. The van der Waals surface area contributed by atoms with E-state index in [1.807, 2.05) is 0 Å². The second-order valence-electron chi connectivity index (χ2n) is 7.10. The SMILES string of the molecule is COc1cccc(NC(=O)[C@@H](OC(=O)c2[nH]c(C)c(C(C)=O)c2C)c2ccccc2)c1. The Morgan fingerprint density at radius 1 is 1.00 bits per heavy atom. The van der Waals surface area contributed by atoms with Gasteiger partial charge in [0, 0.05) is 28.6 Å². The van der Waals surface area contributed by atoms with Crippen LogP contribution in [0.4, 0.5) is 5.69 Å². The maximum Gasteiger partial charge on any atom is 0.356 e. The van der Waals surface area contributed by atoms with Crippen molar-refractivity contribution in [1.29, 1.82) is 0 Å². The molecule has 31 heavy (non-hydrogen) atoms. The number of H-pyrrole nitrogens is 1. The van der Waals surface area contributed by atoms with Crippen LogP contribution >= 0.6 is 0 Å². The van der Waals surface area contributed by atoms with Crippen LogP contribution in [0.5, 0.6) is 5.75 Å². The molecule has 160 valence electrons. The highest BCUT2D eigenvalue weighted by molar-refractivity contribution is 6.02. The number of ketones is 1. The molecule has 0 unspecified atom stereocenters. The van der Waals surface area contributed by atoms with E-state index in [4.69, 9.17) is 9.47 Å². The number of hydrogen-bond acceptors (Lipinski definition) is 5. The van der Waals surface area contributed by atoms with Crippen molar-refractivity contribution in [3.8, 4) is 5.75 Å². The van der Waals surface area contributed by atoms with Crippen LogP contribution in [0.2, 0.25) is 0 Å². The number of benzene rings is 2. The van der Waals surface area contributed by atoms with Crippen LogP contribution in [-0.2, 0) is 9.53 Å². The predicted molar refractivity (Wildman–Crippen MR) is 116 cm³/mol. The summed E-state index contributed by atoms with van der Waals surface area (Å²) in [7, 11) is 1.53. The number of aromatic amines is 1. The minimum atomic E-state index is -1.19. The fourth-order valence-electron chi connectivity index (χ4n) is 3.46. The van der Waals surface area contributed by atoms with Crippen molar-refractivity contribution in [2.75, 3.05) is 12.4 Å². The largest absolute Gasteiger partial charge is 0.497 e. The fourth-order valence-corrected chi connectivity index (χ4v) is 3.46. The van der Waals surface area contributed by atoms with Crippen LogP contribution < -0.4 is 10.1 Å². The number of nitrogens with one attached hydrogen (secondary N) is 2. The number of anilines is 1. The van der Waals surface area contributed by atoms with Crippen LogP contribution in [0.15, 0.2) is 54.6 Å². The Morgan fingerprint density at radius 2 is 1.71 bits per heavy atom. The molecule has 0 aliphatic heterocycles. The number of aromatic nitrogens is 1. The van der Waals surface area contributed by atoms with Gasteiger partial charge in [-0.05, 0) is 38.5 Å². The zero-order valence-corrected chi connectivity index (χ0v) is 17.8. The molecule has 2 aromatic carbocycles. The van der Waals surface area contributed by atoms with Gasteiger partial charge in [0.1, 0.15) is 11.4 Å². The Labute approximate surface area is 180 Å². The highest BCUT2D eigenvalue weighted by Gasteiger charge is 2.28. The van der Waals surface area contributed by atoms with Crippen LogP contribution in [0.1, 0.15) is 50.7 Å². The van der Waals surface area contributed by atoms with E-state index >= 15 is 0 Å². The minimum absolute atomic E-state index is 0.151. The van der Waals surface area contributed by atoms with Gasteiger partial charge in [-0.25, -0.2) is 4.79 Å². The molecule has 0 saturated heterocycles. The van der Waals surface area contributed by atoms with Crippen LogP contribution in [0.3, 0.4) is 0 Å². The lowest BCUT2D eigenvalue weighted by Crippen LogP contribution is -2.26. The molecule has 0 radical (unpaired) electrons. The van der Waals surface area contributed by atoms with Gasteiger partial charge in [-0.3, -0.25) is 9.59 Å². The van der Waals surface area contributed by atoms with Crippen LogP contribution in [-0.4, -0.2) is 29.8 Å². The summed E-state index contributed by atoms with van der Waals surface area (Å²) in [5, 5.41) is 2.76. The molecule has 0 aliphatic carbocycles. The third-order valence-electron chi connectivity index (χ3n) is 4.90. The van der Waals surface area contributed by atoms with Crippen molar-refractivity contribution in [1.82, 2.24) is 4.98 Å². The maximum absolute atomic E-state index is 13.1. The number of esters is 1. The fraction of sp³-hybridized carbons (Fsp3) is 0.208. The molecule has 1 amide bonds. The number of carbonyl (C=O) groups excluding carboxylic acids is 3. The first-order valence-electron chi connectivity index (χ1n) is 9.72. The molecule has 0 saturated carbocycles. The van der Waals surface area contributed by atoms with Gasteiger partial charge in [0.25, 0.3) is 5.91 Å². The summed E-state index contributed by atoms with van der Waals surface area (Å²) in [4.78, 5) is 40.8. The Balaban J connectivity index is 1.90. The van der Waals surface area contributed by atoms with Gasteiger partial charge >= 0.3 is 5.97 Å². The zero-order valence-electron chi connectivity index (χ0n) is 17.8. The molecule has 1 heterocycles. The summed E-state index contributed by atoms with van der Waals surface area (Å²) in [5.74, 6) is -0.802. The lowest BCUT2D eigenvalue weighted by molar-refractivity contribution is -0.125. The van der Waals surface area contributed by atoms with Gasteiger partial charge in [-0.2, -0.15) is 0 Å². The second-order valence-corrected chi connectivity index (χ2v) is 7.10. The average molecular weight is 420 g/mol. The normalized spacial score (nSPS) is 11.5. The number of rotatable bonds is 7. The van der Waals surface area contributed by atoms with Crippen LogP contribution in [0.25, 0.3) is 0 Å². The van der Waals surface area contributed by atoms with Crippen molar-refractivity contribution in [3.63, 3.8) is 0 Å². The quantitative estimate of drug-likeness (QED) is 0.437. The highest BCUT2D eigenvalue weighted by atomic mass is 16.5. The molecule has 0 fully saturated rings. The van der Waals surface area contributed by atoms with Crippen molar-refractivity contribution in [2.24, 2.45) is 0 Å². The van der Waals surface area contributed by atoms with Gasteiger partial charge in [0.15, 0.2) is 5.78 Å². The first-order chi connectivity index (χ1) is 14.8. The third kappa shape index (κ3) is 4.83. The van der Waals surface area contributed by atoms with Gasteiger partial charge in [0.05, 0.1) is 7.11 Å². The Hall–Kier alpha value is -3.87. The molecule has 7 nitrogen and oxygen atoms in total. The van der Waals surface area contributed by atoms with E-state index in [2.05, 4.69) is 10.3 Å². The summed E-state index contributed by atoms with van der Waals surface area (Å²) in [6.07, 6.45) is -1.19. The average Bonchev–Trinajstić information content (AvgIpc) is 3.06. The zero-order chi connectivity index (χ0) is 22.5. The van der Waals surface area contributed by atoms with E-state index in [1.165, 1.54) is 14.0 Å². The van der Waals surface area contributed by atoms with Gasteiger partial charge in [0.2, 0.25) is 6.10 Å². The molecular weight excluding hydrogens is 396 g/mol. The topological polar surface area (TPSA) is 97.5 Å². The van der Waals surface area contributed by atoms with Crippen LogP contribution in [0, 0.1) is 13.8 Å². The van der Waals surface area contributed by atoms with Gasteiger partial charge in [-0.1, -0.05) is 36.4 Å². The van der Waals surface area contributed by atoms with Crippen molar-refractivity contribution in [3.05, 3.63) is 82.7 Å². The highest BCUT2D eigenvalue weighted by Crippen LogP contribution is 2.25. The first kappa shape index (κ1) is 21.8. The van der Waals surface area contributed by atoms with Crippen molar-refractivity contribution in [2.45, 2.75) is 26.9 Å². The Bertz CT molecular complexity index is 1120. The van der Waals surface area contributed by atoms with Gasteiger partial charge in [-0.15, -0.1) is 0 Å². The molecule has 2 N–H and O–H groups in total. The number of Topliss-reactive ketones (excluding diaryl/α,β-unsaturated/α-hetero) is 1. The van der Waals surface area contributed by atoms with E-state index in [0.717, 1.165) is 0 Å². The van der Waals surface area contributed by atoms with E-state index in [1.54, 1.807) is 68.4 Å². The van der Waals surface area contributed by atoms with Gasteiger partial charge < -0.3 is 19.8 Å². The summed E-state index contributed by atoms with van der Waals surface area (Å²) in [6, 6.07) is 15.6. The molecule has 0 bridgehead atoms. The smallest absolute Gasteiger partial charge is 0.356 e. The summed E-state index contributed by atoms with van der Waals surface area (Å²) in [5.41, 5.74) is 2.70.